The normalized spacial score (nSPS) is 11.2. The number of aliphatic carboxylic acids is 1. The zero-order chi connectivity index (χ0) is 23.8. The van der Waals surface area contributed by atoms with Crippen LogP contribution in [0.15, 0.2) is 63.6 Å². The molecule has 172 valence electrons. The largest absolute Gasteiger partial charge is 0.496 e. The van der Waals surface area contributed by atoms with E-state index in [1.54, 1.807) is 42.5 Å². The van der Waals surface area contributed by atoms with Gasteiger partial charge < -0.3 is 23.7 Å². The van der Waals surface area contributed by atoms with Crippen molar-refractivity contribution in [3.63, 3.8) is 0 Å². The highest BCUT2D eigenvalue weighted by Crippen LogP contribution is 2.36. The van der Waals surface area contributed by atoms with Gasteiger partial charge in [0, 0.05) is 5.02 Å². The molecule has 0 bridgehead atoms. The number of aromatic nitrogens is 2. The molecule has 0 radical (unpaired) electrons. The van der Waals surface area contributed by atoms with Crippen LogP contribution in [0.25, 0.3) is 17.5 Å². The minimum Gasteiger partial charge on any atom is -0.496 e. The van der Waals surface area contributed by atoms with Gasteiger partial charge in [-0.2, -0.15) is 0 Å². The van der Waals surface area contributed by atoms with Crippen LogP contribution in [0.5, 0.6) is 17.2 Å². The van der Waals surface area contributed by atoms with Gasteiger partial charge in [-0.15, -0.1) is 10.2 Å². The smallest absolute Gasteiger partial charge is 0.342 e. The van der Waals surface area contributed by atoms with Crippen LogP contribution >= 0.6 is 23.4 Å². The predicted molar refractivity (Wildman–Crippen MR) is 126 cm³/mol. The highest BCUT2D eigenvalue weighted by molar-refractivity contribution is 8.03. The molecule has 1 aromatic heterocycles. The summed E-state index contributed by atoms with van der Waals surface area (Å²) in [6.45, 7) is 6.22. The van der Waals surface area contributed by atoms with Crippen molar-refractivity contribution in [1.82, 2.24) is 10.2 Å². The zero-order valence-corrected chi connectivity index (χ0v) is 19.5. The Bertz CT molecular complexity index is 1180. The lowest BCUT2D eigenvalue weighted by molar-refractivity contribution is -0.131. The van der Waals surface area contributed by atoms with E-state index in [-0.39, 0.29) is 16.0 Å². The van der Waals surface area contributed by atoms with Crippen molar-refractivity contribution in [3.05, 3.63) is 64.5 Å². The quantitative estimate of drug-likeness (QED) is 0.210. The van der Waals surface area contributed by atoms with Gasteiger partial charge in [-0.25, -0.2) is 4.79 Å². The van der Waals surface area contributed by atoms with Gasteiger partial charge in [0.2, 0.25) is 0 Å². The molecule has 10 heteroatoms. The van der Waals surface area contributed by atoms with Gasteiger partial charge in [-0.05, 0) is 60.7 Å². The molecule has 0 aliphatic rings. The molecule has 0 aliphatic carbocycles. The van der Waals surface area contributed by atoms with Crippen molar-refractivity contribution in [2.75, 3.05) is 20.3 Å². The summed E-state index contributed by atoms with van der Waals surface area (Å²) in [4.78, 5) is 11.8. The highest BCUT2D eigenvalue weighted by Gasteiger charge is 2.18. The third kappa shape index (κ3) is 6.30. The summed E-state index contributed by atoms with van der Waals surface area (Å²) in [5.74, 6) is 0.538. The molecule has 0 saturated heterocycles. The molecule has 0 atom stereocenters. The molecule has 2 aromatic carbocycles. The summed E-state index contributed by atoms with van der Waals surface area (Å²) in [7, 11) is 1.51. The Hall–Kier alpha value is -3.43. The number of carbonyl (C=O) groups is 1. The van der Waals surface area contributed by atoms with Gasteiger partial charge in [0.1, 0.15) is 17.3 Å². The van der Waals surface area contributed by atoms with Crippen molar-refractivity contribution in [2.45, 2.75) is 12.1 Å². The molecule has 0 unspecified atom stereocenters. The van der Waals surface area contributed by atoms with Crippen molar-refractivity contribution in [1.29, 1.82) is 0 Å². The average molecular weight is 489 g/mol. The van der Waals surface area contributed by atoms with Crippen LogP contribution in [0, 0.1) is 0 Å². The second-order valence-electron chi connectivity index (χ2n) is 6.37. The van der Waals surface area contributed by atoms with E-state index >= 15 is 0 Å². The van der Waals surface area contributed by atoms with Crippen LogP contribution in [0.2, 0.25) is 5.02 Å². The maximum Gasteiger partial charge on any atom is 0.342 e. The summed E-state index contributed by atoms with van der Waals surface area (Å²) >= 11 is 6.88. The lowest BCUT2D eigenvalue weighted by Gasteiger charge is -2.11. The highest BCUT2D eigenvalue weighted by atomic mass is 35.5. The van der Waals surface area contributed by atoms with Gasteiger partial charge in [-0.1, -0.05) is 30.3 Å². The second kappa shape index (κ2) is 11.4. The molecule has 8 nitrogen and oxygen atoms in total. The van der Waals surface area contributed by atoms with Crippen LogP contribution in [-0.4, -0.2) is 41.6 Å². The molecule has 0 saturated carbocycles. The van der Waals surface area contributed by atoms with E-state index in [0.717, 1.165) is 11.8 Å². The summed E-state index contributed by atoms with van der Waals surface area (Å²) in [6, 6.07) is 10.1. The van der Waals surface area contributed by atoms with Crippen LogP contribution in [0.1, 0.15) is 12.5 Å². The maximum atomic E-state index is 11.9. The van der Waals surface area contributed by atoms with Gasteiger partial charge in [0.05, 0.1) is 19.3 Å². The SMILES string of the molecule is C=CCOc1ccc(/C=C(\Sc2nnc(-c3cc(Cl)ccc3OC)o2)C(=O)O)cc1OCC. The Morgan fingerprint density at radius 1 is 1.18 bits per heavy atom. The lowest BCUT2D eigenvalue weighted by atomic mass is 10.2. The number of ether oxygens (including phenoxy) is 3. The van der Waals surface area contributed by atoms with Crippen LogP contribution < -0.4 is 14.2 Å². The molecule has 1 N–H and O–H groups in total. The van der Waals surface area contributed by atoms with Crippen molar-refractivity contribution in [2.24, 2.45) is 0 Å². The van der Waals surface area contributed by atoms with E-state index < -0.39 is 5.97 Å². The Kier molecular flexibility index (Phi) is 8.39. The fourth-order valence-corrected chi connectivity index (χ4v) is 3.58. The van der Waals surface area contributed by atoms with E-state index in [2.05, 4.69) is 16.8 Å². The third-order valence-corrected chi connectivity index (χ3v) is 5.22. The fourth-order valence-electron chi connectivity index (χ4n) is 2.74. The number of hydrogen-bond acceptors (Lipinski definition) is 8. The van der Waals surface area contributed by atoms with E-state index in [1.165, 1.54) is 13.2 Å². The van der Waals surface area contributed by atoms with Gasteiger partial charge in [-0.3, -0.25) is 0 Å². The Morgan fingerprint density at radius 3 is 2.67 bits per heavy atom. The second-order valence-corrected chi connectivity index (χ2v) is 7.80. The number of methoxy groups -OCH3 is 1. The number of rotatable bonds is 11. The minimum atomic E-state index is -1.15. The van der Waals surface area contributed by atoms with Crippen molar-refractivity contribution >= 4 is 35.4 Å². The number of carboxylic acid groups (broad SMARTS) is 1. The van der Waals surface area contributed by atoms with E-state index in [9.17, 15) is 9.90 Å². The van der Waals surface area contributed by atoms with E-state index in [1.807, 2.05) is 6.92 Å². The molecule has 1 heterocycles. The molecule has 3 rings (SSSR count). The fraction of sp³-hybridized carbons (Fsp3) is 0.174. The van der Waals surface area contributed by atoms with Crippen LogP contribution in [0.4, 0.5) is 0 Å². The van der Waals surface area contributed by atoms with Gasteiger partial charge in [0.15, 0.2) is 11.5 Å². The third-order valence-electron chi connectivity index (χ3n) is 4.13. The van der Waals surface area contributed by atoms with Crippen molar-refractivity contribution < 1.29 is 28.5 Å². The summed E-state index contributed by atoms with van der Waals surface area (Å²) in [6.07, 6.45) is 3.11. The van der Waals surface area contributed by atoms with Crippen molar-refractivity contribution in [3.8, 4) is 28.7 Å². The molecule has 0 aliphatic heterocycles. The predicted octanol–water partition coefficient (Wildman–Crippen LogP) is 5.58. The maximum absolute atomic E-state index is 11.9. The van der Waals surface area contributed by atoms with Gasteiger partial charge in [0.25, 0.3) is 11.1 Å². The molecule has 0 spiro atoms. The van der Waals surface area contributed by atoms with E-state index in [0.29, 0.717) is 46.6 Å². The number of thioether (sulfide) groups is 1. The number of hydrogen-bond donors (Lipinski definition) is 1. The van der Waals surface area contributed by atoms with Gasteiger partial charge >= 0.3 is 5.97 Å². The van der Waals surface area contributed by atoms with Crippen LogP contribution in [0.3, 0.4) is 0 Å². The number of carboxylic acids is 1. The Balaban J connectivity index is 1.88. The lowest BCUT2D eigenvalue weighted by Crippen LogP contribution is -2.00. The molecule has 33 heavy (non-hydrogen) atoms. The first-order chi connectivity index (χ1) is 15.9. The average Bonchev–Trinajstić information content (AvgIpc) is 3.26. The number of nitrogens with zero attached hydrogens (tertiary/aromatic N) is 2. The Morgan fingerprint density at radius 2 is 1.97 bits per heavy atom. The van der Waals surface area contributed by atoms with Crippen LogP contribution in [-0.2, 0) is 4.79 Å². The summed E-state index contributed by atoms with van der Waals surface area (Å²) < 4.78 is 22.1. The first-order valence-corrected chi connectivity index (χ1v) is 10.9. The zero-order valence-electron chi connectivity index (χ0n) is 17.9. The first kappa shape index (κ1) is 24.2. The minimum absolute atomic E-state index is 0.0227. The summed E-state index contributed by atoms with van der Waals surface area (Å²) in [5, 5.41) is 18.2. The monoisotopic (exact) mass is 488 g/mol. The molecule has 3 aromatic rings. The summed E-state index contributed by atoms with van der Waals surface area (Å²) in [5.41, 5.74) is 1.10. The number of halogens is 1. The standard InChI is InChI=1S/C23H21ClN2O6S/c1-4-10-31-18-8-6-14(11-19(18)30-5-2)12-20(22(27)28)33-23-26-25-21(32-23)16-13-15(24)7-9-17(16)29-3/h4,6-9,11-13H,1,5,10H2,2-3H3,(H,27,28)/b20-12-. The number of benzene rings is 2. The first-order valence-electron chi connectivity index (χ1n) is 9.76. The van der Waals surface area contributed by atoms with E-state index in [4.69, 9.17) is 30.2 Å². The Labute approximate surface area is 199 Å². The molecule has 0 fully saturated rings. The molecular weight excluding hydrogens is 468 g/mol. The topological polar surface area (TPSA) is 104 Å². The molecular formula is C23H21ClN2O6S. The molecule has 0 amide bonds.